The van der Waals surface area contributed by atoms with E-state index in [1.807, 2.05) is 12.1 Å². The van der Waals surface area contributed by atoms with Crippen LogP contribution in [-0.2, 0) is 18.3 Å². The Bertz CT molecular complexity index is 1120. The van der Waals surface area contributed by atoms with Crippen LogP contribution in [-0.4, -0.2) is 46.9 Å². The third-order valence-electron chi connectivity index (χ3n) is 5.10. The first-order valence-electron chi connectivity index (χ1n) is 9.43. The second-order valence-electron chi connectivity index (χ2n) is 6.91. The number of hydrogen-bond donors (Lipinski definition) is 2. The van der Waals surface area contributed by atoms with Gasteiger partial charge in [0, 0.05) is 38.3 Å². The van der Waals surface area contributed by atoms with Crippen molar-refractivity contribution in [1.29, 1.82) is 0 Å². The molecule has 0 aliphatic carbocycles. The van der Waals surface area contributed by atoms with Gasteiger partial charge in [0.1, 0.15) is 5.82 Å². The number of aryl methyl sites for hydroxylation is 1. The number of nitrogens with one attached hydrogen (secondary N) is 1. The van der Waals surface area contributed by atoms with E-state index in [4.69, 9.17) is 4.74 Å². The van der Waals surface area contributed by atoms with Crippen molar-refractivity contribution in [2.45, 2.75) is 6.54 Å². The molecule has 0 unspecified atom stereocenters. The highest BCUT2D eigenvalue weighted by molar-refractivity contribution is 6.08. The average Bonchev–Trinajstić information content (AvgIpc) is 2.77. The van der Waals surface area contributed by atoms with Crippen molar-refractivity contribution in [3.63, 3.8) is 0 Å². The summed E-state index contributed by atoms with van der Waals surface area (Å²) in [6.45, 7) is 3.13. The average molecular weight is 394 g/mol. The molecule has 2 N–H and O–H groups in total. The maximum Gasteiger partial charge on any atom is 0.293 e. The molecular formula is C21H22N4O4. The first kappa shape index (κ1) is 18.9. The summed E-state index contributed by atoms with van der Waals surface area (Å²) in [4.78, 5) is 31.7. The Balaban J connectivity index is 1.58. The molecule has 0 radical (unpaired) electrons. The number of hydrogen-bond acceptors (Lipinski definition) is 6. The van der Waals surface area contributed by atoms with E-state index in [1.165, 1.54) is 4.57 Å². The number of carbonyl (C=O) groups is 1. The number of nitrogens with zero attached hydrogens (tertiary/aromatic N) is 3. The van der Waals surface area contributed by atoms with Crippen LogP contribution in [0, 0.1) is 0 Å². The second kappa shape index (κ2) is 7.92. The van der Waals surface area contributed by atoms with Crippen molar-refractivity contribution in [2.75, 3.05) is 31.2 Å². The number of ether oxygens (including phenoxy) is 1. The molecule has 0 saturated carbocycles. The van der Waals surface area contributed by atoms with Gasteiger partial charge >= 0.3 is 0 Å². The van der Waals surface area contributed by atoms with Crippen LogP contribution >= 0.6 is 0 Å². The molecule has 8 nitrogen and oxygen atoms in total. The molecule has 29 heavy (non-hydrogen) atoms. The number of fused-ring (bicyclic) bond motifs is 1. The SMILES string of the molecule is Cn1c(=O)c(O)c(C(=O)NCc2ccnc(N3CCOCC3)c2)c2ccccc21. The predicted molar refractivity (Wildman–Crippen MR) is 109 cm³/mol. The number of anilines is 1. The van der Waals surface area contributed by atoms with Gasteiger partial charge in [-0.25, -0.2) is 4.98 Å². The van der Waals surface area contributed by atoms with Crippen LogP contribution in [0.15, 0.2) is 47.4 Å². The topological polar surface area (TPSA) is 96.7 Å². The number of morpholine rings is 1. The lowest BCUT2D eigenvalue weighted by Crippen LogP contribution is -2.36. The van der Waals surface area contributed by atoms with Gasteiger partial charge in [0.25, 0.3) is 11.5 Å². The third-order valence-corrected chi connectivity index (χ3v) is 5.10. The van der Waals surface area contributed by atoms with Crippen LogP contribution in [0.5, 0.6) is 5.75 Å². The Morgan fingerprint density at radius 2 is 2.00 bits per heavy atom. The molecule has 1 fully saturated rings. The highest BCUT2D eigenvalue weighted by Gasteiger charge is 2.20. The van der Waals surface area contributed by atoms with Gasteiger partial charge in [-0.2, -0.15) is 0 Å². The number of aromatic hydroxyl groups is 1. The summed E-state index contributed by atoms with van der Waals surface area (Å²) in [5.41, 5.74) is 0.847. The van der Waals surface area contributed by atoms with E-state index in [1.54, 1.807) is 37.5 Å². The van der Waals surface area contributed by atoms with Crippen molar-refractivity contribution in [3.8, 4) is 5.75 Å². The van der Waals surface area contributed by atoms with E-state index in [0.29, 0.717) is 24.1 Å². The number of aromatic nitrogens is 2. The molecule has 8 heteroatoms. The van der Waals surface area contributed by atoms with Crippen LogP contribution in [0.1, 0.15) is 15.9 Å². The highest BCUT2D eigenvalue weighted by Crippen LogP contribution is 2.23. The fourth-order valence-corrected chi connectivity index (χ4v) is 3.52. The third kappa shape index (κ3) is 3.66. The minimum atomic E-state index is -0.604. The molecule has 4 rings (SSSR count). The summed E-state index contributed by atoms with van der Waals surface area (Å²) in [7, 11) is 1.57. The van der Waals surface area contributed by atoms with Crippen LogP contribution in [0.3, 0.4) is 0 Å². The molecular weight excluding hydrogens is 372 g/mol. The fourth-order valence-electron chi connectivity index (χ4n) is 3.52. The molecule has 2 aromatic heterocycles. The number of pyridine rings is 2. The summed E-state index contributed by atoms with van der Waals surface area (Å²) in [5.74, 6) is -0.213. The maximum atomic E-state index is 12.8. The monoisotopic (exact) mass is 394 g/mol. The number of para-hydroxylation sites is 1. The smallest absolute Gasteiger partial charge is 0.293 e. The lowest BCUT2D eigenvalue weighted by molar-refractivity contribution is 0.0949. The van der Waals surface area contributed by atoms with Gasteiger partial charge in [-0.05, 0) is 23.8 Å². The number of benzene rings is 1. The Kier molecular flexibility index (Phi) is 5.18. The molecule has 1 saturated heterocycles. The summed E-state index contributed by atoms with van der Waals surface area (Å²) in [6, 6.07) is 10.8. The highest BCUT2D eigenvalue weighted by atomic mass is 16.5. The minimum absolute atomic E-state index is 0.00819. The largest absolute Gasteiger partial charge is 0.502 e. The van der Waals surface area contributed by atoms with Crippen LogP contribution in [0.25, 0.3) is 10.9 Å². The predicted octanol–water partition coefficient (Wildman–Crippen LogP) is 1.41. The normalized spacial score (nSPS) is 14.2. The van der Waals surface area contributed by atoms with Crippen LogP contribution in [0.4, 0.5) is 5.82 Å². The lowest BCUT2D eigenvalue weighted by Gasteiger charge is -2.28. The quantitative estimate of drug-likeness (QED) is 0.695. The lowest BCUT2D eigenvalue weighted by atomic mass is 10.1. The summed E-state index contributed by atoms with van der Waals surface area (Å²) < 4.78 is 6.70. The van der Waals surface area contributed by atoms with Gasteiger partial charge in [-0.15, -0.1) is 0 Å². The Labute approximate surface area is 167 Å². The van der Waals surface area contributed by atoms with Gasteiger partial charge in [-0.3, -0.25) is 9.59 Å². The van der Waals surface area contributed by atoms with Crippen molar-refractivity contribution in [2.24, 2.45) is 7.05 Å². The zero-order valence-corrected chi connectivity index (χ0v) is 16.1. The summed E-state index contributed by atoms with van der Waals surface area (Å²) >= 11 is 0. The molecule has 3 heterocycles. The van der Waals surface area contributed by atoms with Gasteiger partial charge in [0.15, 0.2) is 5.75 Å². The molecule has 1 aliphatic heterocycles. The van der Waals surface area contributed by atoms with E-state index >= 15 is 0 Å². The Morgan fingerprint density at radius 1 is 1.24 bits per heavy atom. The molecule has 0 atom stereocenters. The maximum absolute atomic E-state index is 12.8. The van der Waals surface area contributed by atoms with Crippen molar-refractivity contribution in [3.05, 3.63) is 64.1 Å². The van der Waals surface area contributed by atoms with Crippen molar-refractivity contribution < 1.29 is 14.6 Å². The van der Waals surface area contributed by atoms with Crippen molar-refractivity contribution in [1.82, 2.24) is 14.9 Å². The first-order chi connectivity index (χ1) is 14.1. The van der Waals surface area contributed by atoms with E-state index in [0.717, 1.165) is 24.5 Å². The number of rotatable bonds is 4. The molecule has 150 valence electrons. The fraction of sp³-hybridized carbons (Fsp3) is 0.286. The van der Waals surface area contributed by atoms with Gasteiger partial charge in [-0.1, -0.05) is 18.2 Å². The zero-order chi connectivity index (χ0) is 20.4. The van der Waals surface area contributed by atoms with Gasteiger partial charge in [0.05, 0.1) is 24.3 Å². The summed E-state index contributed by atoms with van der Waals surface area (Å²) in [6.07, 6.45) is 1.71. The van der Waals surface area contributed by atoms with Crippen LogP contribution < -0.4 is 15.8 Å². The number of carbonyl (C=O) groups excluding carboxylic acids is 1. The molecule has 3 aromatic rings. The van der Waals surface area contributed by atoms with Gasteiger partial charge < -0.3 is 24.6 Å². The molecule has 1 amide bonds. The molecule has 0 bridgehead atoms. The van der Waals surface area contributed by atoms with Crippen LogP contribution in [0.2, 0.25) is 0 Å². The summed E-state index contributed by atoms with van der Waals surface area (Å²) in [5, 5.41) is 13.7. The first-order valence-corrected chi connectivity index (χ1v) is 9.43. The molecule has 0 spiro atoms. The second-order valence-corrected chi connectivity index (χ2v) is 6.91. The standard InChI is InChI=1S/C21H22N4O4/c1-24-16-5-3-2-4-15(16)18(19(26)21(24)28)20(27)23-13-14-6-7-22-17(12-14)25-8-10-29-11-9-25/h2-7,12,26H,8-11,13H2,1H3,(H,23,27). The van der Waals surface area contributed by atoms with E-state index in [-0.39, 0.29) is 12.1 Å². The van der Waals surface area contributed by atoms with Gasteiger partial charge in [0.2, 0.25) is 0 Å². The minimum Gasteiger partial charge on any atom is -0.502 e. The van der Waals surface area contributed by atoms with E-state index < -0.39 is 17.2 Å². The molecule has 1 aliphatic rings. The van der Waals surface area contributed by atoms with E-state index in [9.17, 15) is 14.7 Å². The van der Waals surface area contributed by atoms with E-state index in [2.05, 4.69) is 15.2 Å². The Hall–Kier alpha value is -3.39. The number of amides is 1. The Morgan fingerprint density at radius 3 is 2.79 bits per heavy atom. The zero-order valence-electron chi connectivity index (χ0n) is 16.1. The molecule has 1 aromatic carbocycles. The van der Waals surface area contributed by atoms with Crippen molar-refractivity contribution >= 4 is 22.6 Å².